The molecular formula is C14H21BrN2O2. The van der Waals surface area contributed by atoms with Crippen LogP contribution in [0.3, 0.4) is 0 Å². The maximum absolute atomic E-state index is 11.9. The van der Waals surface area contributed by atoms with E-state index >= 15 is 0 Å². The molecule has 0 heterocycles. The summed E-state index contributed by atoms with van der Waals surface area (Å²) in [6.07, 6.45) is 0.696. The highest BCUT2D eigenvalue weighted by molar-refractivity contribution is 9.10. The summed E-state index contributed by atoms with van der Waals surface area (Å²) < 4.78 is 0.990. The predicted molar refractivity (Wildman–Crippen MR) is 81.6 cm³/mol. The van der Waals surface area contributed by atoms with Crippen LogP contribution < -0.4 is 10.6 Å². The normalized spacial score (nSPS) is 12.3. The van der Waals surface area contributed by atoms with Gasteiger partial charge >= 0.3 is 6.03 Å². The highest BCUT2D eigenvalue weighted by atomic mass is 79.9. The summed E-state index contributed by atoms with van der Waals surface area (Å²) in [7, 11) is 0. The quantitative estimate of drug-likeness (QED) is 0.775. The molecule has 2 amide bonds. The Bertz CT molecular complexity index is 431. The van der Waals surface area contributed by atoms with Crippen LogP contribution in [-0.4, -0.2) is 23.8 Å². The fraction of sp³-hybridized carbons (Fsp3) is 0.500. The van der Waals surface area contributed by atoms with Gasteiger partial charge in [-0.15, -0.1) is 0 Å². The lowest BCUT2D eigenvalue weighted by molar-refractivity contribution is 0.222. The number of hydrogen-bond donors (Lipinski definition) is 3. The molecule has 0 bridgehead atoms. The van der Waals surface area contributed by atoms with Gasteiger partial charge in [-0.05, 0) is 36.1 Å². The number of aliphatic hydroxyl groups is 1. The second kappa shape index (κ2) is 7.50. The summed E-state index contributed by atoms with van der Waals surface area (Å²) in [6.45, 7) is 6.02. The maximum atomic E-state index is 11.9. The molecule has 1 atom stereocenters. The Kier molecular flexibility index (Phi) is 6.31. The van der Waals surface area contributed by atoms with Gasteiger partial charge in [0.2, 0.25) is 0 Å². The van der Waals surface area contributed by atoms with Crippen LogP contribution in [0.4, 0.5) is 10.5 Å². The SMILES string of the molecule is CCC(CO)NC(=O)Nc1ccc(Br)cc1C(C)C. The molecule has 1 aromatic rings. The fourth-order valence-electron chi connectivity index (χ4n) is 1.75. The number of halogens is 1. The molecule has 1 rings (SSSR count). The van der Waals surface area contributed by atoms with Crippen LogP contribution in [0.5, 0.6) is 0 Å². The standard InChI is InChI=1S/C14H21BrN2O2/c1-4-11(8-18)16-14(19)17-13-6-5-10(15)7-12(13)9(2)3/h5-7,9,11,18H,4,8H2,1-3H3,(H2,16,17,19). The molecule has 0 aliphatic carbocycles. The van der Waals surface area contributed by atoms with Gasteiger partial charge in [-0.1, -0.05) is 36.7 Å². The van der Waals surface area contributed by atoms with E-state index in [1.165, 1.54) is 0 Å². The van der Waals surface area contributed by atoms with Crippen LogP contribution >= 0.6 is 15.9 Å². The van der Waals surface area contributed by atoms with Crippen LogP contribution in [-0.2, 0) is 0 Å². The second-order valence-corrected chi connectivity index (χ2v) is 5.69. The molecule has 1 unspecified atom stereocenters. The number of benzene rings is 1. The lowest BCUT2D eigenvalue weighted by Crippen LogP contribution is -2.39. The van der Waals surface area contributed by atoms with Crippen molar-refractivity contribution in [2.24, 2.45) is 0 Å². The smallest absolute Gasteiger partial charge is 0.319 e. The van der Waals surface area contributed by atoms with Gasteiger partial charge in [-0.3, -0.25) is 0 Å². The van der Waals surface area contributed by atoms with Crippen LogP contribution in [0.15, 0.2) is 22.7 Å². The Morgan fingerprint density at radius 2 is 2.11 bits per heavy atom. The largest absolute Gasteiger partial charge is 0.394 e. The first-order chi connectivity index (χ1) is 8.97. The van der Waals surface area contributed by atoms with E-state index in [4.69, 9.17) is 5.11 Å². The number of carbonyl (C=O) groups excluding carboxylic acids is 1. The third kappa shape index (κ3) is 4.84. The predicted octanol–water partition coefficient (Wildman–Crippen LogP) is 3.46. The lowest BCUT2D eigenvalue weighted by Gasteiger charge is -2.18. The molecular weight excluding hydrogens is 308 g/mol. The Morgan fingerprint density at radius 1 is 1.42 bits per heavy atom. The van der Waals surface area contributed by atoms with E-state index < -0.39 is 0 Å². The minimum absolute atomic E-state index is 0.0543. The van der Waals surface area contributed by atoms with Crippen LogP contribution in [0.1, 0.15) is 38.7 Å². The van der Waals surface area contributed by atoms with Crippen molar-refractivity contribution in [1.29, 1.82) is 0 Å². The van der Waals surface area contributed by atoms with Crippen molar-refractivity contribution in [2.75, 3.05) is 11.9 Å². The molecule has 0 aliphatic heterocycles. The number of anilines is 1. The summed E-state index contributed by atoms with van der Waals surface area (Å²) in [5, 5.41) is 14.6. The number of urea groups is 1. The average Bonchev–Trinajstić information content (AvgIpc) is 2.37. The number of hydrogen-bond acceptors (Lipinski definition) is 2. The van der Waals surface area contributed by atoms with E-state index in [2.05, 4.69) is 40.4 Å². The van der Waals surface area contributed by atoms with Gasteiger partial charge in [0.15, 0.2) is 0 Å². The first-order valence-corrected chi connectivity index (χ1v) is 7.25. The van der Waals surface area contributed by atoms with Crippen molar-refractivity contribution in [2.45, 2.75) is 39.2 Å². The Hall–Kier alpha value is -1.07. The van der Waals surface area contributed by atoms with Gasteiger partial charge in [0.1, 0.15) is 0 Å². The number of rotatable bonds is 5. The molecule has 1 aromatic carbocycles. The third-order valence-corrected chi connectivity index (χ3v) is 3.43. The molecule has 0 spiro atoms. The van der Waals surface area contributed by atoms with Gasteiger partial charge in [0, 0.05) is 10.2 Å². The molecule has 3 N–H and O–H groups in total. The van der Waals surface area contributed by atoms with E-state index in [1.807, 2.05) is 25.1 Å². The van der Waals surface area contributed by atoms with Crippen molar-refractivity contribution < 1.29 is 9.90 Å². The summed E-state index contributed by atoms with van der Waals surface area (Å²) in [5.74, 6) is 0.313. The van der Waals surface area contributed by atoms with E-state index in [9.17, 15) is 4.79 Å². The monoisotopic (exact) mass is 328 g/mol. The molecule has 106 valence electrons. The van der Waals surface area contributed by atoms with Gasteiger partial charge in [-0.2, -0.15) is 0 Å². The highest BCUT2D eigenvalue weighted by Crippen LogP contribution is 2.27. The minimum Gasteiger partial charge on any atom is -0.394 e. The van der Waals surface area contributed by atoms with E-state index in [-0.39, 0.29) is 18.7 Å². The van der Waals surface area contributed by atoms with E-state index in [0.29, 0.717) is 12.3 Å². The first-order valence-electron chi connectivity index (χ1n) is 6.45. The lowest BCUT2D eigenvalue weighted by atomic mass is 10.0. The van der Waals surface area contributed by atoms with Gasteiger partial charge in [-0.25, -0.2) is 4.79 Å². The van der Waals surface area contributed by atoms with E-state index in [1.54, 1.807) is 0 Å². The van der Waals surface area contributed by atoms with Gasteiger partial charge < -0.3 is 15.7 Å². The summed E-state index contributed by atoms with van der Waals surface area (Å²) in [4.78, 5) is 11.9. The van der Waals surface area contributed by atoms with Crippen LogP contribution in [0.25, 0.3) is 0 Å². The number of aliphatic hydroxyl groups excluding tert-OH is 1. The molecule has 5 heteroatoms. The second-order valence-electron chi connectivity index (χ2n) is 4.77. The molecule has 0 fully saturated rings. The van der Waals surface area contributed by atoms with Gasteiger partial charge in [0.05, 0.1) is 12.6 Å². The van der Waals surface area contributed by atoms with Crippen LogP contribution in [0.2, 0.25) is 0 Å². The zero-order valence-corrected chi connectivity index (χ0v) is 13.1. The number of carbonyl (C=O) groups is 1. The third-order valence-electron chi connectivity index (χ3n) is 2.93. The molecule has 0 aliphatic rings. The van der Waals surface area contributed by atoms with Gasteiger partial charge in [0.25, 0.3) is 0 Å². The van der Waals surface area contributed by atoms with E-state index in [0.717, 1.165) is 15.7 Å². The average molecular weight is 329 g/mol. The molecule has 4 nitrogen and oxygen atoms in total. The zero-order chi connectivity index (χ0) is 14.4. The summed E-state index contributed by atoms with van der Waals surface area (Å²) in [6, 6.07) is 5.27. The number of nitrogens with one attached hydrogen (secondary N) is 2. The Labute approximate surface area is 122 Å². The molecule has 19 heavy (non-hydrogen) atoms. The molecule has 0 aromatic heterocycles. The first kappa shape index (κ1) is 16.0. The highest BCUT2D eigenvalue weighted by Gasteiger charge is 2.12. The zero-order valence-electron chi connectivity index (χ0n) is 11.5. The minimum atomic E-state index is -0.287. The molecule has 0 saturated carbocycles. The summed E-state index contributed by atoms with van der Waals surface area (Å²) in [5.41, 5.74) is 1.87. The van der Waals surface area contributed by atoms with Crippen molar-refractivity contribution in [3.05, 3.63) is 28.2 Å². The summed E-state index contributed by atoms with van der Waals surface area (Å²) >= 11 is 3.43. The Balaban J connectivity index is 2.79. The molecule has 0 radical (unpaired) electrons. The Morgan fingerprint density at radius 3 is 2.63 bits per heavy atom. The van der Waals surface area contributed by atoms with Crippen LogP contribution in [0, 0.1) is 0 Å². The number of amides is 2. The van der Waals surface area contributed by atoms with Crippen molar-refractivity contribution in [1.82, 2.24) is 5.32 Å². The van der Waals surface area contributed by atoms with Crippen molar-refractivity contribution in [3.8, 4) is 0 Å². The van der Waals surface area contributed by atoms with Crippen molar-refractivity contribution >= 4 is 27.6 Å². The molecule has 0 saturated heterocycles. The maximum Gasteiger partial charge on any atom is 0.319 e. The van der Waals surface area contributed by atoms with Crippen molar-refractivity contribution in [3.63, 3.8) is 0 Å². The topological polar surface area (TPSA) is 61.4 Å². The fourth-order valence-corrected chi connectivity index (χ4v) is 2.12.